The van der Waals surface area contributed by atoms with E-state index < -0.39 is 6.04 Å². The third-order valence-corrected chi connectivity index (χ3v) is 6.44. The highest BCUT2D eigenvalue weighted by Crippen LogP contribution is 2.41. The molecule has 1 aliphatic rings. The van der Waals surface area contributed by atoms with E-state index in [0.717, 1.165) is 23.1 Å². The average molecular weight is 508 g/mol. The van der Waals surface area contributed by atoms with Gasteiger partial charge in [0.25, 0.3) is 5.91 Å². The van der Waals surface area contributed by atoms with Crippen molar-refractivity contribution in [3.05, 3.63) is 68.6 Å². The molecule has 7 nitrogen and oxygen atoms in total. The van der Waals surface area contributed by atoms with Gasteiger partial charge in [-0.15, -0.1) is 0 Å². The molecule has 4 rings (SSSR count). The summed E-state index contributed by atoms with van der Waals surface area (Å²) in [6.45, 7) is 13.7. The van der Waals surface area contributed by atoms with Crippen LogP contribution in [0.15, 0.2) is 39.5 Å². The maximum atomic E-state index is 13.9. The Morgan fingerprint density at radius 2 is 1.78 bits per heavy atom. The summed E-state index contributed by atoms with van der Waals surface area (Å²) in [5, 5.41) is 0.493. The fourth-order valence-corrected chi connectivity index (χ4v) is 4.90. The van der Waals surface area contributed by atoms with Gasteiger partial charge >= 0.3 is 0 Å². The number of nitrogens with zero attached hydrogens (tertiary/aromatic N) is 1. The quantitative estimate of drug-likeness (QED) is 0.298. The van der Waals surface area contributed by atoms with Gasteiger partial charge in [-0.2, -0.15) is 0 Å². The molecule has 2 aromatic carbocycles. The van der Waals surface area contributed by atoms with E-state index >= 15 is 0 Å². The molecule has 198 valence electrons. The summed E-state index contributed by atoms with van der Waals surface area (Å²) in [5.74, 6) is 1.07. The fourth-order valence-electron chi connectivity index (χ4n) is 4.90. The average Bonchev–Trinajstić information content (AvgIpc) is 3.13. The summed E-state index contributed by atoms with van der Waals surface area (Å²) in [6, 6.07) is 8.84. The zero-order valence-corrected chi connectivity index (χ0v) is 22.7. The smallest absolute Gasteiger partial charge is 0.290 e. The maximum absolute atomic E-state index is 13.9. The van der Waals surface area contributed by atoms with Crippen molar-refractivity contribution in [1.29, 1.82) is 0 Å². The predicted octanol–water partition coefficient (Wildman–Crippen LogP) is 5.96. The first-order valence-corrected chi connectivity index (χ1v) is 13.2. The van der Waals surface area contributed by atoms with Crippen molar-refractivity contribution in [2.24, 2.45) is 0 Å². The lowest BCUT2D eigenvalue weighted by atomic mass is 9.97. The molecule has 0 saturated heterocycles. The van der Waals surface area contributed by atoms with Crippen LogP contribution in [0, 0.1) is 13.8 Å². The first kappa shape index (κ1) is 26.7. The summed E-state index contributed by atoms with van der Waals surface area (Å²) in [6.07, 6.45) is 1.61. The fraction of sp³-hybridized carbons (Fsp3) is 0.467. The topological polar surface area (TPSA) is 78.2 Å². The van der Waals surface area contributed by atoms with Crippen LogP contribution in [0.2, 0.25) is 0 Å². The molecular formula is C30H37NO6. The number of carbonyl (C=O) groups is 1. The van der Waals surface area contributed by atoms with Crippen molar-refractivity contribution in [2.75, 3.05) is 26.4 Å². The number of amides is 1. The highest BCUT2D eigenvalue weighted by Gasteiger charge is 2.43. The Balaban J connectivity index is 1.85. The van der Waals surface area contributed by atoms with Crippen LogP contribution in [0.3, 0.4) is 0 Å². The van der Waals surface area contributed by atoms with Gasteiger partial charge in [0.1, 0.15) is 5.58 Å². The minimum atomic E-state index is -0.595. The van der Waals surface area contributed by atoms with Gasteiger partial charge in [-0.3, -0.25) is 9.59 Å². The summed E-state index contributed by atoms with van der Waals surface area (Å²) >= 11 is 0. The molecule has 7 heteroatoms. The third-order valence-electron chi connectivity index (χ3n) is 6.44. The second kappa shape index (κ2) is 11.4. The van der Waals surface area contributed by atoms with Crippen molar-refractivity contribution < 1.29 is 23.4 Å². The molecule has 1 amide bonds. The maximum Gasteiger partial charge on any atom is 0.290 e. The molecule has 2 heterocycles. The van der Waals surface area contributed by atoms with Crippen LogP contribution in [0.1, 0.15) is 79.4 Å². The molecule has 0 bridgehead atoms. The zero-order chi connectivity index (χ0) is 26.7. The predicted molar refractivity (Wildman–Crippen MR) is 144 cm³/mol. The Bertz CT molecular complexity index is 1340. The van der Waals surface area contributed by atoms with E-state index in [1.807, 2.05) is 71.9 Å². The SMILES string of the molecule is CCCOc1ccc(C2c3c(oc4c(C)cc(C)cc4c3=O)C(=O)N2CCCOC(C)C)cc1OCC. The summed E-state index contributed by atoms with van der Waals surface area (Å²) < 4.78 is 23.7. The van der Waals surface area contributed by atoms with Crippen molar-refractivity contribution in [3.8, 4) is 11.5 Å². The normalized spacial score (nSPS) is 15.1. The highest BCUT2D eigenvalue weighted by molar-refractivity contribution is 5.99. The number of fused-ring (bicyclic) bond motifs is 2. The van der Waals surface area contributed by atoms with E-state index in [1.165, 1.54) is 0 Å². The van der Waals surface area contributed by atoms with Crippen LogP contribution in [0.4, 0.5) is 0 Å². The lowest BCUT2D eigenvalue weighted by Crippen LogP contribution is -2.31. The first-order chi connectivity index (χ1) is 17.8. The molecule has 0 radical (unpaired) electrons. The molecule has 3 aromatic rings. The van der Waals surface area contributed by atoms with E-state index in [2.05, 4.69) is 0 Å². The van der Waals surface area contributed by atoms with Crippen LogP contribution >= 0.6 is 0 Å². The van der Waals surface area contributed by atoms with Crippen molar-refractivity contribution in [3.63, 3.8) is 0 Å². The summed E-state index contributed by atoms with van der Waals surface area (Å²) in [5.41, 5.74) is 3.24. The highest BCUT2D eigenvalue weighted by atomic mass is 16.5. The van der Waals surface area contributed by atoms with Gasteiger partial charge in [-0.25, -0.2) is 0 Å². The molecule has 0 saturated carbocycles. The Morgan fingerprint density at radius 3 is 2.49 bits per heavy atom. The van der Waals surface area contributed by atoms with Crippen LogP contribution in [0.25, 0.3) is 11.0 Å². The number of carbonyl (C=O) groups excluding carboxylic acids is 1. The molecule has 1 aliphatic heterocycles. The molecular weight excluding hydrogens is 470 g/mol. The number of benzene rings is 2. The van der Waals surface area contributed by atoms with Gasteiger partial charge in [-0.05, 0) is 82.3 Å². The largest absolute Gasteiger partial charge is 0.490 e. The van der Waals surface area contributed by atoms with E-state index in [1.54, 1.807) is 4.90 Å². The van der Waals surface area contributed by atoms with Crippen LogP contribution < -0.4 is 14.9 Å². The van der Waals surface area contributed by atoms with E-state index in [0.29, 0.717) is 60.8 Å². The first-order valence-electron chi connectivity index (χ1n) is 13.2. The molecule has 37 heavy (non-hydrogen) atoms. The number of hydrogen-bond acceptors (Lipinski definition) is 6. The van der Waals surface area contributed by atoms with Gasteiger partial charge < -0.3 is 23.5 Å². The van der Waals surface area contributed by atoms with Crippen LogP contribution in [0.5, 0.6) is 11.5 Å². The second-order valence-electron chi connectivity index (χ2n) is 9.79. The second-order valence-corrected chi connectivity index (χ2v) is 9.79. The van der Waals surface area contributed by atoms with Crippen molar-refractivity contribution in [2.45, 2.75) is 66.5 Å². The van der Waals surface area contributed by atoms with Gasteiger partial charge in [0, 0.05) is 13.2 Å². The minimum Gasteiger partial charge on any atom is -0.490 e. The van der Waals surface area contributed by atoms with Gasteiger partial charge in [0.05, 0.1) is 36.3 Å². The monoisotopic (exact) mass is 507 g/mol. The number of ether oxygens (including phenoxy) is 3. The molecule has 0 spiro atoms. The van der Waals surface area contributed by atoms with Gasteiger partial charge in [-0.1, -0.05) is 19.1 Å². The number of rotatable bonds is 11. The molecule has 0 N–H and O–H groups in total. The lowest BCUT2D eigenvalue weighted by Gasteiger charge is -2.26. The Labute approximate surface area is 218 Å². The van der Waals surface area contributed by atoms with E-state index in [-0.39, 0.29) is 23.2 Å². The Kier molecular flexibility index (Phi) is 8.22. The minimum absolute atomic E-state index is 0.103. The number of hydrogen-bond donors (Lipinski definition) is 0. The Hall–Kier alpha value is -3.32. The molecule has 0 fully saturated rings. The van der Waals surface area contributed by atoms with Crippen LogP contribution in [-0.4, -0.2) is 43.3 Å². The molecule has 1 unspecified atom stereocenters. The third kappa shape index (κ3) is 5.37. The van der Waals surface area contributed by atoms with Crippen LogP contribution in [-0.2, 0) is 4.74 Å². The summed E-state index contributed by atoms with van der Waals surface area (Å²) in [4.78, 5) is 29.3. The van der Waals surface area contributed by atoms with E-state index in [9.17, 15) is 9.59 Å². The molecule has 1 atom stereocenters. The standard InChI is InChI=1S/C30H37NO6/c1-7-13-36-23-11-10-21(17-24(23)34-8-2)26-25-27(32)22-16-19(5)15-20(6)28(22)37-29(25)30(33)31(26)12-9-14-35-18(3)4/h10-11,15-18,26H,7-9,12-14H2,1-6H3. The lowest BCUT2D eigenvalue weighted by molar-refractivity contribution is 0.0593. The van der Waals surface area contributed by atoms with E-state index in [4.69, 9.17) is 18.6 Å². The van der Waals surface area contributed by atoms with Gasteiger partial charge in [0.15, 0.2) is 16.9 Å². The van der Waals surface area contributed by atoms with Crippen molar-refractivity contribution >= 4 is 16.9 Å². The molecule has 0 aliphatic carbocycles. The van der Waals surface area contributed by atoms with Gasteiger partial charge in [0.2, 0.25) is 5.76 Å². The van der Waals surface area contributed by atoms with Crippen molar-refractivity contribution in [1.82, 2.24) is 4.90 Å². The molecule has 1 aromatic heterocycles. The Morgan fingerprint density at radius 1 is 1.00 bits per heavy atom. The number of aryl methyl sites for hydroxylation is 2. The summed E-state index contributed by atoms with van der Waals surface area (Å²) in [7, 11) is 0. The zero-order valence-electron chi connectivity index (χ0n) is 22.7.